The molecule has 5 nitrogen and oxygen atoms in total. The second-order valence-corrected chi connectivity index (χ2v) is 6.39. The zero-order chi connectivity index (χ0) is 16.2. The second-order valence-electron chi connectivity index (χ2n) is 4.70. The molecule has 3 aromatic rings. The number of aryl methyl sites for hydroxylation is 1. The summed E-state index contributed by atoms with van der Waals surface area (Å²) in [5.41, 5.74) is 1.02. The number of carbonyl (C=O) groups is 1. The number of benzene rings is 1. The summed E-state index contributed by atoms with van der Waals surface area (Å²) < 4.78 is 19.4. The predicted octanol–water partition coefficient (Wildman–Crippen LogP) is 4.27. The van der Waals surface area contributed by atoms with Crippen molar-refractivity contribution >= 4 is 38.9 Å². The van der Waals surface area contributed by atoms with Gasteiger partial charge in [0.05, 0.1) is 5.69 Å². The van der Waals surface area contributed by atoms with Gasteiger partial charge >= 0.3 is 0 Å². The van der Waals surface area contributed by atoms with Crippen LogP contribution in [-0.2, 0) is 11.2 Å². The lowest BCUT2D eigenvalue weighted by atomic mass is 10.2. The third-order valence-corrected chi connectivity index (χ3v) is 4.20. The van der Waals surface area contributed by atoms with Gasteiger partial charge in [0.2, 0.25) is 17.6 Å². The van der Waals surface area contributed by atoms with Crippen LogP contribution < -0.4 is 5.32 Å². The van der Waals surface area contributed by atoms with Crippen molar-refractivity contribution in [1.82, 2.24) is 10.1 Å². The Morgan fingerprint density at radius 2 is 2.26 bits per heavy atom. The van der Waals surface area contributed by atoms with Crippen LogP contribution >= 0.6 is 27.3 Å². The summed E-state index contributed by atoms with van der Waals surface area (Å²) in [6.07, 6.45) is 0.419. The van der Waals surface area contributed by atoms with Crippen molar-refractivity contribution in [3.8, 4) is 11.4 Å². The van der Waals surface area contributed by atoms with Gasteiger partial charge in [0.1, 0.15) is 5.82 Å². The molecule has 3 rings (SSSR count). The number of amides is 1. The first-order valence-electron chi connectivity index (χ1n) is 6.72. The molecule has 0 spiro atoms. The van der Waals surface area contributed by atoms with E-state index in [2.05, 4.69) is 31.4 Å². The Hall–Kier alpha value is -2.06. The van der Waals surface area contributed by atoms with Crippen LogP contribution in [0, 0.1) is 5.82 Å². The van der Waals surface area contributed by atoms with E-state index in [4.69, 9.17) is 4.52 Å². The number of aromatic nitrogens is 2. The van der Waals surface area contributed by atoms with Crippen LogP contribution in [-0.4, -0.2) is 16.0 Å². The summed E-state index contributed by atoms with van der Waals surface area (Å²) >= 11 is 4.70. The SMILES string of the molecule is O=C(CCc1nc(-c2ccsc2)no1)Nc1ccc(Br)cc1F. The molecule has 0 fully saturated rings. The van der Waals surface area contributed by atoms with Gasteiger partial charge in [0.15, 0.2) is 0 Å². The fourth-order valence-corrected chi connectivity index (χ4v) is 2.86. The van der Waals surface area contributed by atoms with Crippen LogP contribution in [0.4, 0.5) is 10.1 Å². The summed E-state index contributed by atoms with van der Waals surface area (Å²) in [4.78, 5) is 16.1. The molecule has 2 aromatic heterocycles. The molecule has 0 saturated heterocycles. The Balaban J connectivity index is 1.57. The first-order valence-corrected chi connectivity index (χ1v) is 8.45. The first-order chi connectivity index (χ1) is 11.1. The average Bonchev–Trinajstić information content (AvgIpc) is 3.18. The van der Waals surface area contributed by atoms with E-state index in [9.17, 15) is 9.18 Å². The second kappa shape index (κ2) is 7.01. The summed E-state index contributed by atoms with van der Waals surface area (Å²) in [6, 6.07) is 6.34. The Morgan fingerprint density at radius 1 is 1.39 bits per heavy atom. The molecular weight excluding hydrogens is 385 g/mol. The Kier molecular flexibility index (Phi) is 4.82. The number of halogens is 2. The van der Waals surface area contributed by atoms with Crippen LogP contribution in [0.15, 0.2) is 44.0 Å². The molecule has 0 radical (unpaired) electrons. The standard InChI is InChI=1S/C15H11BrFN3O2S/c16-10-1-2-12(11(17)7-10)18-13(21)3-4-14-19-15(20-22-14)9-5-6-23-8-9/h1-2,5-8H,3-4H2,(H,18,21). The smallest absolute Gasteiger partial charge is 0.227 e. The minimum atomic E-state index is -0.495. The zero-order valence-electron chi connectivity index (χ0n) is 11.8. The first kappa shape index (κ1) is 15.8. The fraction of sp³-hybridized carbons (Fsp3) is 0.133. The number of rotatable bonds is 5. The van der Waals surface area contributed by atoms with Gasteiger partial charge in [-0.15, -0.1) is 0 Å². The Bertz CT molecular complexity index is 820. The summed E-state index contributed by atoms with van der Waals surface area (Å²) in [6.45, 7) is 0. The van der Waals surface area contributed by atoms with Crippen molar-refractivity contribution in [3.63, 3.8) is 0 Å². The van der Waals surface area contributed by atoms with Crippen LogP contribution in [0.2, 0.25) is 0 Å². The molecule has 118 valence electrons. The lowest BCUT2D eigenvalue weighted by Crippen LogP contribution is -2.13. The Labute approximate surface area is 143 Å². The van der Waals surface area contributed by atoms with Gasteiger partial charge in [0.25, 0.3) is 0 Å². The van der Waals surface area contributed by atoms with Crippen molar-refractivity contribution in [2.75, 3.05) is 5.32 Å². The van der Waals surface area contributed by atoms with E-state index in [-0.39, 0.29) is 18.0 Å². The quantitative estimate of drug-likeness (QED) is 0.700. The maximum atomic E-state index is 13.6. The molecule has 23 heavy (non-hydrogen) atoms. The Morgan fingerprint density at radius 3 is 3.00 bits per heavy atom. The van der Waals surface area contributed by atoms with Crippen LogP contribution in [0.1, 0.15) is 12.3 Å². The lowest BCUT2D eigenvalue weighted by Gasteiger charge is -2.05. The highest BCUT2D eigenvalue weighted by Crippen LogP contribution is 2.20. The van der Waals surface area contributed by atoms with E-state index in [1.165, 1.54) is 12.1 Å². The molecule has 2 heterocycles. The average molecular weight is 396 g/mol. The molecule has 8 heteroatoms. The summed E-state index contributed by atoms with van der Waals surface area (Å²) in [5, 5.41) is 10.2. The minimum absolute atomic E-state index is 0.126. The molecular formula is C15H11BrFN3O2S. The molecule has 0 aliphatic heterocycles. The molecule has 0 bridgehead atoms. The van der Waals surface area contributed by atoms with E-state index in [0.29, 0.717) is 22.6 Å². The molecule has 0 atom stereocenters. The van der Waals surface area contributed by atoms with Crippen molar-refractivity contribution in [1.29, 1.82) is 0 Å². The van der Waals surface area contributed by atoms with Crippen molar-refractivity contribution in [2.24, 2.45) is 0 Å². The van der Waals surface area contributed by atoms with E-state index in [0.717, 1.165) is 5.56 Å². The summed E-state index contributed by atoms with van der Waals surface area (Å²) in [5.74, 6) is 0.0602. The van der Waals surface area contributed by atoms with Crippen molar-refractivity contribution < 1.29 is 13.7 Å². The van der Waals surface area contributed by atoms with Crippen molar-refractivity contribution in [3.05, 3.63) is 51.2 Å². The van der Waals surface area contributed by atoms with Crippen LogP contribution in [0.5, 0.6) is 0 Å². The number of hydrogen-bond donors (Lipinski definition) is 1. The van der Waals surface area contributed by atoms with Gasteiger partial charge in [0, 0.05) is 28.3 Å². The van der Waals surface area contributed by atoms with E-state index < -0.39 is 5.82 Å². The number of carbonyl (C=O) groups excluding carboxylic acids is 1. The topological polar surface area (TPSA) is 68.0 Å². The molecule has 0 aliphatic carbocycles. The molecule has 0 saturated carbocycles. The van der Waals surface area contributed by atoms with Gasteiger partial charge in [-0.25, -0.2) is 4.39 Å². The molecule has 0 aliphatic rings. The van der Waals surface area contributed by atoms with Gasteiger partial charge in [-0.3, -0.25) is 4.79 Å². The van der Waals surface area contributed by atoms with Crippen LogP contribution in [0.25, 0.3) is 11.4 Å². The molecule has 0 unspecified atom stereocenters. The third kappa shape index (κ3) is 4.02. The molecule has 1 aromatic carbocycles. The van der Waals surface area contributed by atoms with E-state index >= 15 is 0 Å². The maximum Gasteiger partial charge on any atom is 0.227 e. The monoisotopic (exact) mass is 395 g/mol. The number of nitrogens with zero attached hydrogens (tertiary/aromatic N) is 2. The zero-order valence-corrected chi connectivity index (χ0v) is 14.2. The van der Waals surface area contributed by atoms with Crippen molar-refractivity contribution in [2.45, 2.75) is 12.8 Å². The van der Waals surface area contributed by atoms with Gasteiger partial charge in [-0.05, 0) is 29.6 Å². The number of hydrogen-bond acceptors (Lipinski definition) is 5. The van der Waals surface area contributed by atoms with E-state index in [1.807, 2.05) is 16.8 Å². The predicted molar refractivity (Wildman–Crippen MR) is 88.7 cm³/mol. The van der Waals surface area contributed by atoms with Gasteiger partial charge < -0.3 is 9.84 Å². The summed E-state index contributed by atoms with van der Waals surface area (Å²) in [7, 11) is 0. The van der Waals surface area contributed by atoms with E-state index in [1.54, 1.807) is 17.4 Å². The van der Waals surface area contributed by atoms with Crippen LogP contribution in [0.3, 0.4) is 0 Å². The largest absolute Gasteiger partial charge is 0.339 e. The van der Waals surface area contributed by atoms with Gasteiger partial charge in [-0.1, -0.05) is 21.1 Å². The highest BCUT2D eigenvalue weighted by atomic mass is 79.9. The number of thiophene rings is 1. The minimum Gasteiger partial charge on any atom is -0.339 e. The number of anilines is 1. The maximum absolute atomic E-state index is 13.6. The third-order valence-electron chi connectivity index (χ3n) is 3.02. The molecule has 1 N–H and O–H groups in total. The normalized spacial score (nSPS) is 10.7. The fourth-order valence-electron chi connectivity index (χ4n) is 1.89. The highest BCUT2D eigenvalue weighted by Gasteiger charge is 2.12. The molecule has 1 amide bonds. The van der Waals surface area contributed by atoms with Gasteiger partial charge in [-0.2, -0.15) is 16.3 Å². The lowest BCUT2D eigenvalue weighted by molar-refractivity contribution is -0.116. The number of nitrogens with one attached hydrogen (secondary N) is 1. The highest BCUT2D eigenvalue weighted by molar-refractivity contribution is 9.10.